The van der Waals surface area contributed by atoms with Crippen molar-refractivity contribution in [2.24, 2.45) is 16.8 Å². The molecule has 190 valence electrons. The van der Waals surface area contributed by atoms with Crippen molar-refractivity contribution in [3.63, 3.8) is 0 Å². The Morgan fingerprint density at radius 3 is 2.50 bits per heavy atom. The highest BCUT2D eigenvalue weighted by molar-refractivity contribution is 7.99. The standard InChI is InChI=1S/C27H35N7OS/c1-5-26(35)30-21-6-8-23(9-7-21)36-27-31-24(29-22-10-18(4)28-12-22)11-25(32-27)34-15-19-13-33(17(2)3)14-20(19)16-34/h6-11,17,19-20,28H,5,12-16H2,1-4H3,(H,30,35)/b29-22-. The van der Waals surface area contributed by atoms with Gasteiger partial charge in [-0.15, -0.1) is 0 Å². The molecule has 3 aliphatic rings. The van der Waals surface area contributed by atoms with Crippen LogP contribution in [-0.4, -0.2) is 65.3 Å². The minimum absolute atomic E-state index is 0.00720. The summed E-state index contributed by atoms with van der Waals surface area (Å²) in [5.74, 6) is 3.02. The second-order valence-electron chi connectivity index (χ2n) is 10.2. The maximum atomic E-state index is 11.7. The van der Waals surface area contributed by atoms with Crippen LogP contribution in [0.2, 0.25) is 0 Å². The number of aromatic nitrogens is 2. The molecule has 36 heavy (non-hydrogen) atoms. The Labute approximate surface area is 217 Å². The lowest BCUT2D eigenvalue weighted by Gasteiger charge is -2.25. The number of likely N-dealkylation sites (tertiary alicyclic amines) is 1. The number of rotatable bonds is 7. The zero-order valence-corrected chi connectivity index (χ0v) is 22.3. The second-order valence-corrected chi connectivity index (χ2v) is 11.2. The van der Waals surface area contributed by atoms with E-state index in [-0.39, 0.29) is 5.91 Å². The van der Waals surface area contributed by atoms with Crippen molar-refractivity contribution in [3.05, 3.63) is 42.1 Å². The van der Waals surface area contributed by atoms with Gasteiger partial charge in [0.1, 0.15) is 5.82 Å². The molecule has 0 saturated carbocycles. The maximum Gasteiger partial charge on any atom is 0.224 e. The third kappa shape index (κ3) is 5.73. The molecular weight excluding hydrogens is 470 g/mol. The van der Waals surface area contributed by atoms with E-state index in [0.29, 0.717) is 35.3 Å². The van der Waals surface area contributed by atoms with Crippen molar-refractivity contribution in [2.75, 3.05) is 42.9 Å². The summed E-state index contributed by atoms with van der Waals surface area (Å²) < 4.78 is 0. The van der Waals surface area contributed by atoms with Gasteiger partial charge in [0.25, 0.3) is 0 Å². The molecule has 0 spiro atoms. The first-order valence-electron chi connectivity index (χ1n) is 12.8. The van der Waals surface area contributed by atoms with Gasteiger partial charge in [-0.3, -0.25) is 4.79 Å². The topological polar surface area (TPSA) is 85.7 Å². The van der Waals surface area contributed by atoms with E-state index >= 15 is 0 Å². The first-order valence-corrected chi connectivity index (χ1v) is 13.6. The van der Waals surface area contributed by atoms with E-state index in [0.717, 1.165) is 60.5 Å². The Kier molecular flexibility index (Phi) is 7.29. The van der Waals surface area contributed by atoms with Gasteiger partial charge in [-0.25, -0.2) is 15.0 Å². The molecule has 5 rings (SSSR count). The van der Waals surface area contributed by atoms with Gasteiger partial charge < -0.3 is 20.4 Å². The minimum Gasteiger partial charge on any atom is -0.383 e. The average molecular weight is 506 g/mol. The summed E-state index contributed by atoms with van der Waals surface area (Å²) in [7, 11) is 0. The van der Waals surface area contributed by atoms with Crippen LogP contribution in [0.4, 0.5) is 17.3 Å². The number of nitrogens with one attached hydrogen (secondary N) is 2. The van der Waals surface area contributed by atoms with Crippen LogP contribution in [-0.2, 0) is 4.79 Å². The maximum absolute atomic E-state index is 11.7. The molecule has 0 bridgehead atoms. The largest absolute Gasteiger partial charge is 0.383 e. The molecule has 3 aliphatic heterocycles. The van der Waals surface area contributed by atoms with E-state index in [4.69, 9.17) is 15.0 Å². The smallest absolute Gasteiger partial charge is 0.224 e. The average Bonchev–Trinajstić information content (AvgIpc) is 3.55. The summed E-state index contributed by atoms with van der Waals surface area (Å²) in [6.45, 7) is 13.6. The molecule has 9 heteroatoms. The molecule has 2 aromatic rings. The molecule has 2 fully saturated rings. The predicted octanol–water partition coefficient (Wildman–Crippen LogP) is 4.33. The van der Waals surface area contributed by atoms with Gasteiger partial charge in [0.15, 0.2) is 11.0 Å². The lowest BCUT2D eigenvalue weighted by molar-refractivity contribution is -0.115. The van der Waals surface area contributed by atoms with Crippen molar-refractivity contribution in [3.8, 4) is 0 Å². The molecule has 1 aromatic heterocycles. The Hall–Kier alpha value is -2.91. The van der Waals surface area contributed by atoms with Gasteiger partial charge in [0.05, 0.1) is 12.3 Å². The lowest BCUT2D eigenvalue weighted by atomic mass is 10.0. The zero-order chi connectivity index (χ0) is 25.2. The van der Waals surface area contributed by atoms with Gasteiger partial charge in [0.2, 0.25) is 5.91 Å². The third-order valence-corrected chi connectivity index (χ3v) is 7.98. The Morgan fingerprint density at radius 1 is 1.17 bits per heavy atom. The van der Waals surface area contributed by atoms with Gasteiger partial charge in [-0.1, -0.05) is 6.92 Å². The number of fused-ring (bicyclic) bond motifs is 1. The summed E-state index contributed by atoms with van der Waals surface area (Å²) in [5.41, 5.74) is 2.90. The summed E-state index contributed by atoms with van der Waals surface area (Å²) in [5, 5.41) is 6.89. The van der Waals surface area contributed by atoms with E-state index in [1.807, 2.05) is 44.2 Å². The number of hydrogen-bond acceptors (Lipinski definition) is 8. The SMILES string of the molecule is CCC(=O)Nc1ccc(Sc2nc(/N=C3/C=C(C)NC3)cc(N3CC4CN(C(C)C)CC4C3)n2)cc1. The number of carbonyl (C=O) groups is 1. The molecule has 2 saturated heterocycles. The molecular formula is C27H35N7OS. The fourth-order valence-corrected chi connectivity index (χ4v) is 5.83. The second kappa shape index (κ2) is 10.6. The number of nitrogens with zero attached hydrogens (tertiary/aromatic N) is 5. The molecule has 2 N–H and O–H groups in total. The van der Waals surface area contributed by atoms with Crippen LogP contribution in [0.5, 0.6) is 0 Å². The van der Waals surface area contributed by atoms with Crippen molar-refractivity contribution in [1.82, 2.24) is 20.2 Å². The van der Waals surface area contributed by atoms with Crippen molar-refractivity contribution >= 4 is 40.7 Å². The van der Waals surface area contributed by atoms with Gasteiger partial charge in [-0.2, -0.15) is 0 Å². The normalized spacial score (nSPS) is 22.8. The van der Waals surface area contributed by atoms with Crippen LogP contribution >= 0.6 is 11.8 Å². The van der Waals surface area contributed by atoms with E-state index < -0.39 is 0 Å². The number of aliphatic imine (C=N–C) groups is 1. The van der Waals surface area contributed by atoms with Crippen LogP contribution < -0.4 is 15.5 Å². The highest BCUT2D eigenvalue weighted by Crippen LogP contribution is 2.36. The molecule has 2 unspecified atom stereocenters. The highest BCUT2D eigenvalue weighted by atomic mass is 32.2. The van der Waals surface area contributed by atoms with Gasteiger partial charge in [-0.05, 0) is 74.7 Å². The predicted molar refractivity (Wildman–Crippen MR) is 146 cm³/mol. The monoisotopic (exact) mass is 505 g/mol. The van der Waals surface area contributed by atoms with E-state index in [1.54, 1.807) is 0 Å². The van der Waals surface area contributed by atoms with Crippen LogP contribution in [0.1, 0.15) is 34.1 Å². The van der Waals surface area contributed by atoms with E-state index in [1.165, 1.54) is 11.8 Å². The van der Waals surface area contributed by atoms with Crippen molar-refractivity contribution < 1.29 is 4.79 Å². The fourth-order valence-electron chi connectivity index (χ4n) is 5.07. The molecule has 1 amide bonds. The number of benzene rings is 1. The van der Waals surface area contributed by atoms with Crippen LogP contribution in [0.25, 0.3) is 0 Å². The first kappa shape index (κ1) is 24.8. The third-order valence-electron chi connectivity index (χ3n) is 7.11. The Bertz CT molecular complexity index is 1160. The molecule has 0 aliphatic carbocycles. The molecule has 2 atom stereocenters. The van der Waals surface area contributed by atoms with E-state index in [9.17, 15) is 4.79 Å². The molecule has 1 aromatic carbocycles. The Morgan fingerprint density at radius 2 is 1.89 bits per heavy atom. The van der Waals surface area contributed by atoms with Gasteiger partial charge in [0, 0.05) is 61.0 Å². The van der Waals surface area contributed by atoms with Crippen LogP contribution in [0.15, 0.2) is 57.1 Å². The molecule has 0 radical (unpaired) electrons. The molecule has 8 nitrogen and oxygen atoms in total. The first-order chi connectivity index (χ1) is 17.4. The Balaban J connectivity index is 1.37. The van der Waals surface area contributed by atoms with E-state index in [2.05, 4.69) is 40.4 Å². The zero-order valence-electron chi connectivity index (χ0n) is 21.5. The summed E-state index contributed by atoms with van der Waals surface area (Å²) in [4.78, 5) is 32.3. The number of amides is 1. The summed E-state index contributed by atoms with van der Waals surface area (Å²) >= 11 is 1.52. The number of carbonyl (C=O) groups excluding carboxylic acids is 1. The molecule has 4 heterocycles. The van der Waals surface area contributed by atoms with Crippen molar-refractivity contribution in [1.29, 1.82) is 0 Å². The number of allylic oxidation sites excluding steroid dienone is 1. The minimum atomic E-state index is 0.00720. The number of hydrogen-bond donors (Lipinski definition) is 2. The van der Waals surface area contributed by atoms with Crippen LogP contribution in [0, 0.1) is 11.8 Å². The lowest BCUT2D eigenvalue weighted by Crippen LogP contribution is -2.33. The quantitative estimate of drug-likeness (QED) is 0.542. The number of anilines is 2. The summed E-state index contributed by atoms with van der Waals surface area (Å²) in [6, 6.07) is 10.5. The van der Waals surface area contributed by atoms with Crippen LogP contribution in [0.3, 0.4) is 0 Å². The summed E-state index contributed by atoms with van der Waals surface area (Å²) in [6.07, 6.45) is 2.53. The highest BCUT2D eigenvalue weighted by Gasteiger charge is 2.41. The fraction of sp³-hybridized carbons (Fsp3) is 0.481. The van der Waals surface area contributed by atoms with Crippen molar-refractivity contribution in [2.45, 2.75) is 50.2 Å². The van der Waals surface area contributed by atoms with Gasteiger partial charge >= 0.3 is 0 Å².